The second-order valence-corrected chi connectivity index (χ2v) is 6.69. The number of halogens is 2. The van der Waals surface area contributed by atoms with Crippen molar-refractivity contribution in [1.82, 2.24) is 10.3 Å². The van der Waals surface area contributed by atoms with E-state index in [4.69, 9.17) is 14.2 Å². The fourth-order valence-electron chi connectivity index (χ4n) is 2.12. The van der Waals surface area contributed by atoms with Gasteiger partial charge in [0.05, 0.1) is 28.9 Å². The van der Waals surface area contributed by atoms with Gasteiger partial charge in [0.25, 0.3) is 0 Å². The molecule has 2 rings (SSSR count). The maximum Gasteiger partial charge on any atom is 0.151 e. The Labute approximate surface area is 159 Å². The van der Waals surface area contributed by atoms with Gasteiger partial charge in [0, 0.05) is 30.9 Å². The van der Waals surface area contributed by atoms with Gasteiger partial charge in [-0.05, 0) is 44.8 Å². The minimum atomic E-state index is 0.541. The molecule has 0 amide bonds. The van der Waals surface area contributed by atoms with Gasteiger partial charge in [-0.25, -0.2) is 0 Å². The molecule has 0 aliphatic carbocycles. The van der Waals surface area contributed by atoms with Crippen LogP contribution in [0.15, 0.2) is 33.3 Å². The maximum atomic E-state index is 5.83. The molecule has 0 fully saturated rings. The summed E-state index contributed by atoms with van der Waals surface area (Å²) in [7, 11) is 3.29. The fourth-order valence-corrected chi connectivity index (χ4v) is 3.23. The van der Waals surface area contributed by atoms with Gasteiger partial charge in [0.1, 0.15) is 18.1 Å². The van der Waals surface area contributed by atoms with Crippen molar-refractivity contribution in [2.75, 3.05) is 27.4 Å². The van der Waals surface area contributed by atoms with E-state index in [9.17, 15) is 0 Å². The Morgan fingerprint density at radius 2 is 1.96 bits per heavy atom. The predicted molar refractivity (Wildman–Crippen MR) is 101 cm³/mol. The maximum absolute atomic E-state index is 5.83. The number of ether oxygens (including phenoxy) is 3. The van der Waals surface area contributed by atoms with Crippen LogP contribution in [0.1, 0.15) is 11.3 Å². The van der Waals surface area contributed by atoms with Crippen LogP contribution < -0.4 is 19.5 Å². The van der Waals surface area contributed by atoms with E-state index in [1.807, 2.05) is 25.1 Å². The lowest BCUT2D eigenvalue weighted by Crippen LogP contribution is -2.21. The zero-order valence-electron chi connectivity index (χ0n) is 13.9. The summed E-state index contributed by atoms with van der Waals surface area (Å²) >= 11 is 6.96. The van der Waals surface area contributed by atoms with Crippen LogP contribution in [0.25, 0.3) is 0 Å². The van der Waals surface area contributed by atoms with E-state index in [0.717, 1.165) is 37.5 Å². The molecular weight excluding hydrogens is 440 g/mol. The molecule has 2 aromatic rings. The standard InChI is InChI=1S/C17H20Br2N2O3/c1-11-16(19)17(14(18)10-21-11)24-7-6-20-9-12-4-5-13(22-2)8-15(12)23-3/h4-5,8,10,20H,6-7,9H2,1-3H3. The van der Waals surface area contributed by atoms with Crippen LogP contribution in [-0.2, 0) is 6.54 Å². The summed E-state index contributed by atoms with van der Waals surface area (Å²) in [6.45, 7) is 3.86. The Morgan fingerprint density at radius 1 is 1.17 bits per heavy atom. The number of nitrogens with zero attached hydrogens (tertiary/aromatic N) is 1. The number of hydrogen-bond acceptors (Lipinski definition) is 5. The molecule has 1 aromatic carbocycles. The first-order valence-electron chi connectivity index (χ1n) is 7.41. The van der Waals surface area contributed by atoms with Gasteiger partial charge in [-0.15, -0.1) is 0 Å². The highest BCUT2D eigenvalue weighted by Gasteiger charge is 2.10. The minimum Gasteiger partial charge on any atom is -0.497 e. The van der Waals surface area contributed by atoms with Gasteiger partial charge in [0.2, 0.25) is 0 Å². The third kappa shape index (κ3) is 4.84. The number of rotatable bonds is 8. The topological polar surface area (TPSA) is 52.6 Å². The van der Waals surface area contributed by atoms with Crippen LogP contribution in [0.3, 0.4) is 0 Å². The lowest BCUT2D eigenvalue weighted by molar-refractivity contribution is 0.308. The molecule has 0 saturated heterocycles. The van der Waals surface area contributed by atoms with Crippen molar-refractivity contribution in [3.8, 4) is 17.2 Å². The molecule has 0 unspecified atom stereocenters. The van der Waals surface area contributed by atoms with Gasteiger partial charge in [-0.3, -0.25) is 4.98 Å². The third-order valence-electron chi connectivity index (χ3n) is 3.44. The molecular formula is C17H20Br2N2O3. The predicted octanol–water partition coefficient (Wildman–Crippen LogP) is 4.10. The number of benzene rings is 1. The number of methoxy groups -OCH3 is 2. The van der Waals surface area contributed by atoms with Crippen molar-refractivity contribution in [2.24, 2.45) is 0 Å². The normalized spacial score (nSPS) is 10.5. The van der Waals surface area contributed by atoms with Gasteiger partial charge >= 0.3 is 0 Å². The van der Waals surface area contributed by atoms with Crippen LogP contribution >= 0.6 is 31.9 Å². The largest absolute Gasteiger partial charge is 0.497 e. The average molecular weight is 460 g/mol. The molecule has 0 saturated carbocycles. The summed E-state index contributed by atoms with van der Waals surface area (Å²) < 4.78 is 18.1. The summed E-state index contributed by atoms with van der Waals surface area (Å²) in [6.07, 6.45) is 1.74. The highest BCUT2D eigenvalue weighted by molar-refractivity contribution is 9.11. The van der Waals surface area contributed by atoms with Crippen LogP contribution in [0, 0.1) is 6.92 Å². The van der Waals surface area contributed by atoms with Crippen LogP contribution in [0.5, 0.6) is 17.2 Å². The van der Waals surface area contributed by atoms with Crippen molar-refractivity contribution in [3.63, 3.8) is 0 Å². The molecule has 130 valence electrons. The molecule has 0 bridgehead atoms. The smallest absolute Gasteiger partial charge is 0.151 e. The molecule has 1 aromatic heterocycles. The lowest BCUT2D eigenvalue weighted by Gasteiger charge is -2.13. The lowest BCUT2D eigenvalue weighted by atomic mass is 10.2. The molecule has 0 spiro atoms. The van der Waals surface area contributed by atoms with Gasteiger partial charge in [0.15, 0.2) is 5.75 Å². The monoisotopic (exact) mass is 458 g/mol. The van der Waals surface area contributed by atoms with Crippen molar-refractivity contribution in [3.05, 3.63) is 44.6 Å². The third-order valence-corrected chi connectivity index (χ3v) is 4.94. The molecule has 1 N–H and O–H groups in total. The molecule has 0 radical (unpaired) electrons. The molecule has 1 heterocycles. The summed E-state index contributed by atoms with van der Waals surface area (Å²) in [5.74, 6) is 2.35. The summed E-state index contributed by atoms with van der Waals surface area (Å²) in [5, 5.41) is 3.35. The SMILES string of the molecule is COc1ccc(CNCCOc2c(Br)cnc(C)c2Br)c(OC)c1. The quantitative estimate of drug-likeness (QED) is 0.602. The Kier molecular flexibility index (Phi) is 7.33. The van der Waals surface area contributed by atoms with Crippen LogP contribution in [0.4, 0.5) is 0 Å². The molecule has 7 heteroatoms. The number of hydrogen-bond donors (Lipinski definition) is 1. The fraction of sp³-hybridized carbons (Fsp3) is 0.353. The minimum absolute atomic E-state index is 0.541. The zero-order chi connectivity index (χ0) is 17.5. The summed E-state index contributed by atoms with van der Waals surface area (Å²) in [5.41, 5.74) is 1.96. The molecule has 24 heavy (non-hydrogen) atoms. The first-order valence-corrected chi connectivity index (χ1v) is 9.00. The molecule has 0 aliphatic heterocycles. The van der Waals surface area contributed by atoms with Gasteiger partial charge < -0.3 is 19.5 Å². The Balaban J connectivity index is 1.85. The second kappa shape index (κ2) is 9.25. The zero-order valence-corrected chi connectivity index (χ0v) is 17.0. The average Bonchev–Trinajstić information content (AvgIpc) is 2.60. The van der Waals surface area contributed by atoms with Gasteiger partial charge in [-0.2, -0.15) is 0 Å². The van der Waals surface area contributed by atoms with E-state index in [-0.39, 0.29) is 0 Å². The van der Waals surface area contributed by atoms with Crippen molar-refractivity contribution in [2.45, 2.75) is 13.5 Å². The van der Waals surface area contributed by atoms with E-state index >= 15 is 0 Å². The van der Waals surface area contributed by atoms with E-state index < -0.39 is 0 Å². The van der Waals surface area contributed by atoms with Crippen LogP contribution in [-0.4, -0.2) is 32.4 Å². The van der Waals surface area contributed by atoms with Gasteiger partial charge in [-0.1, -0.05) is 6.07 Å². The first kappa shape index (κ1) is 19.0. The Morgan fingerprint density at radius 3 is 2.67 bits per heavy atom. The van der Waals surface area contributed by atoms with Crippen LogP contribution in [0.2, 0.25) is 0 Å². The number of pyridine rings is 1. The molecule has 0 aliphatic rings. The second-order valence-electron chi connectivity index (χ2n) is 5.04. The molecule has 5 nitrogen and oxygen atoms in total. The van der Waals surface area contributed by atoms with Crippen molar-refractivity contribution < 1.29 is 14.2 Å². The first-order chi connectivity index (χ1) is 11.6. The van der Waals surface area contributed by atoms with Crippen molar-refractivity contribution >= 4 is 31.9 Å². The Hall–Kier alpha value is -1.31. The van der Waals surface area contributed by atoms with E-state index in [0.29, 0.717) is 19.7 Å². The summed E-state index contributed by atoms with van der Waals surface area (Å²) in [4.78, 5) is 4.24. The van der Waals surface area contributed by atoms with E-state index in [1.165, 1.54) is 0 Å². The highest BCUT2D eigenvalue weighted by Crippen LogP contribution is 2.34. The van der Waals surface area contributed by atoms with E-state index in [2.05, 4.69) is 42.2 Å². The van der Waals surface area contributed by atoms with E-state index in [1.54, 1.807) is 20.4 Å². The number of nitrogens with one attached hydrogen (secondary N) is 1. The molecule has 0 atom stereocenters. The highest BCUT2D eigenvalue weighted by atomic mass is 79.9. The number of aromatic nitrogens is 1. The summed E-state index contributed by atoms with van der Waals surface area (Å²) in [6, 6.07) is 5.79. The Bertz CT molecular complexity index is 696. The number of aryl methyl sites for hydroxylation is 1. The van der Waals surface area contributed by atoms with Crippen molar-refractivity contribution in [1.29, 1.82) is 0 Å².